The van der Waals surface area contributed by atoms with Gasteiger partial charge in [0.2, 0.25) is 0 Å². The summed E-state index contributed by atoms with van der Waals surface area (Å²) in [5, 5.41) is 14.3. The van der Waals surface area contributed by atoms with Gasteiger partial charge >= 0.3 is 0 Å². The molecule has 0 radical (unpaired) electrons. The summed E-state index contributed by atoms with van der Waals surface area (Å²) in [6, 6.07) is 0. The van der Waals surface area contributed by atoms with Crippen molar-refractivity contribution < 1.29 is 5.11 Å². The molecule has 0 spiro atoms. The molecule has 5 heteroatoms. The van der Waals surface area contributed by atoms with Crippen LogP contribution in [-0.2, 0) is 19.9 Å². The Bertz CT molecular complexity index is 422. The predicted molar refractivity (Wildman–Crippen MR) is 75.3 cm³/mol. The quantitative estimate of drug-likeness (QED) is 0.838. The van der Waals surface area contributed by atoms with E-state index in [4.69, 9.17) is 5.73 Å². The smallest absolute Gasteiger partial charge is 0.0766 e. The Balaban J connectivity index is 2.29. The van der Waals surface area contributed by atoms with Gasteiger partial charge in [-0.2, -0.15) is 5.10 Å². The van der Waals surface area contributed by atoms with Gasteiger partial charge in [-0.25, -0.2) is 0 Å². The van der Waals surface area contributed by atoms with E-state index in [-0.39, 0.29) is 12.0 Å². The van der Waals surface area contributed by atoms with Gasteiger partial charge in [0, 0.05) is 19.0 Å². The van der Waals surface area contributed by atoms with Crippen molar-refractivity contribution in [1.82, 2.24) is 9.78 Å². The number of aryl methyl sites for hydroxylation is 2. The van der Waals surface area contributed by atoms with E-state index in [0.29, 0.717) is 12.5 Å². The van der Waals surface area contributed by atoms with E-state index in [1.807, 2.05) is 11.7 Å². The summed E-state index contributed by atoms with van der Waals surface area (Å²) in [7, 11) is 1.96. The minimum Gasteiger partial charge on any atom is -0.396 e. The van der Waals surface area contributed by atoms with Gasteiger partial charge in [0.15, 0.2) is 0 Å². The zero-order valence-electron chi connectivity index (χ0n) is 11.1. The van der Waals surface area contributed by atoms with Crippen molar-refractivity contribution in [3.8, 4) is 0 Å². The molecular formula is C13H22BrN3O. The van der Waals surface area contributed by atoms with Crippen molar-refractivity contribution >= 4 is 15.9 Å². The lowest BCUT2D eigenvalue weighted by Gasteiger charge is -2.30. The lowest BCUT2D eigenvalue weighted by Crippen LogP contribution is -2.39. The first-order valence-corrected chi connectivity index (χ1v) is 7.38. The standard InChI is InChI=1S/C13H22BrN3O/c1-3-10-12(14)11(17(2)16-10)6-13(7-15,8-18)9-4-5-9/h9,18H,3-8,15H2,1-2H3. The van der Waals surface area contributed by atoms with Gasteiger partial charge in [0.25, 0.3) is 0 Å². The Labute approximate surface area is 117 Å². The molecule has 1 atom stereocenters. The SMILES string of the molecule is CCc1nn(C)c(CC(CN)(CO)C2CC2)c1Br. The fraction of sp³-hybridized carbons (Fsp3) is 0.769. The molecule has 0 aliphatic heterocycles. The molecule has 1 aromatic rings. The van der Waals surface area contributed by atoms with Crippen LogP contribution in [-0.4, -0.2) is 28.0 Å². The lowest BCUT2D eigenvalue weighted by molar-refractivity contribution is 0.107. The van der Waals surface area contributed by atoms with Crippen LogP contribution in [0.25, 0.3) is 0 Å². The Morgan fingerprint density at radius 1 is 1.56 bits per heavy atom. The van der Waals surface area contributed by atoms with Crippen LogP contribution in [0.4, 0.5) is 0 Å². The fourth-order valence-corrected chi connectivity index (χ4v) is 3.43. The highest BCUT2D eigenvalue weighted by molar-refractivity contribution is 9.10. The number of halogens is 1. The normalized spacial score (nSPS) is 18.9. The highest BCUT2D eigenvalue weighted by Gasteiger charge is 2.44. The van der Waals surface area contributed by atoms with Crippen molar-refractivity contribution in [2.75, 3.05) is 13.2 Å². The molecule has 18 heavy (non-hydrogen) atoms. The molecule has 1 aromatic heterocycles. The van der Waals surface area contributed by atoms with Crippen molar-refractivity contribution in [2.24, 2.45) is 24.1 Å². The topological polar surface area (TPSA) is 64.1 Å². The second kappa shape index (κ2) is 5.31. The first kappa shape index (κ1) is 14.0. The molecule has 1 fully saturated rings. The summed E-state index contributed by atoms with van der Waals surface area (Å²) in [5.74, 6) is 0.569. The summed E-state index contributed by atoms with van der Waals surface area (Å²) in [4.78, 5) is 0. The van der Waals surface area contributed by atoms with Crippen LogP contribution < -0.4 is 5.73 Å². The summed E-state index contributed by atoms with van der Waals surface area (Å²) in [6.07, 6.45) is 4.09. The van der Waals surface area contributed by atoms with Gasteiger partial charge in [0.05, 0.1) is 22.5 Å². The van der Waals surface area contributed by atoms with Crippen LogP contribution in [0.5, 0.6) is 0 Å². The molecule has 1 saturated carbocycles. The molecule has 0 amide bonds. The van der Waals surface area contributed by atoms with Gasteiger partial charge in [-0.1, -0.05) is 6.92 Å². The number of nitrogens with two attached hydrogens (primary N) is 1. The maximum absolute atomic E-state index is 9.77. The predicted octanol–water partition coefficient (Wildman–Crippen LogP) is 1.63. The third-order valence-electron chi connectivity index (χ3n) is 4.19. The van der Waals surface area contributed by atoms with Gasteiger partial charge in [-0.15, -0.1) is 0 Å². The molecule has 3 N–H and O–H groups in total. The third kappa shape index (κ3) is 2.36. The fourth-order valence-electron chi connectivity index (χ4n) is 2.67. The van der Waals surface area contributed by atoms with Crippen molar-refractivity contribution in [3.63, 3.8) is 0 Å². The van der Waals surface area contributed by atoms with Crippen LogP contribution in [0.2, 0.25) is 0 Å². The number of aromatic nitrogens is 2. The number of aliphatic hydroxyl groups excluding tert-OH is 1. The molecule has 1 aliphatic carbocycles. The Morgan fingerprint density at radius 3 is 2.61 bits per heavy atom. The maximum Gasteiger partial charge on any atom is 0.0766 e. The number of hydrogen-bond acceptors (Lipinski definition) is 3. The Kier molecular flexibility index (Phi) is 4.14. The average Bonchev–Trinajstić information content (AvgIpc) is 3.18. The van der Waals surface area contributed by atoms with Crippen LogP contribution in [0, 0.1) is 11.3 Å². The van der Waals surface area contributed by atoms with Crippen LogP contribution in [0.15, 0.2) is 4.47 Å². The van der Waals surface area contributed by atoms with E-state index in [2.05, 4.69) is 28.0 Å². The number of nitrogens with zero attached hydrogens (tertiary/aromatic N) is 2. The van der Waals surface area contributed by atoms with Crippen LogP contribution >= 0.6 is 15.9 Å². The van der Waals surface area contributed by atoms with Gasteiger partial charge in [0.1, 0.15) is 0 Å². The van der Waals surface area contributed by atoms with Gasteiger partial charge in [-0.05, 0) is 47.5 Å². The average molecular weight is 316 g/mol. The summed E-state index contributed by atoms with van der Waals surface area (Å²) in [5.41, 5.74) is 8.00. The number of rotatable bonds is 6. The Hall–Kier alpha value is -0.390. The van der Waals surface area contributed by atoms with Crippen molar-refractivity contribution in [2.45, 2.75) is 32.6 Å². The number of aliphatic hydroxyl groups is 1. The van der Waals surface area contributed by atoms with E-state index < -0.39 is 0 Å². The number of hydrogen-bond donors (Lipinski definition) is 2. The second-order valence-electron chi connectivity index (χ2n) is 5.36. The van der Waals surface area contributed by atoms with Crippen LogP contribution in [0.1, 0.15) is 31.2 Å². The lowest BCUT2D eigenvalue weighted by atomic mass is 9.79. The molecule has 2 rings (SSSR count). The molecule has 4 nitrogen and oxygen atoms in total. The second-order valence-corrected chi connectivity index (χ2v) is 6.15. The van der Waals surface area contributed by atoms with Crippen molar-refractivity contribution in [1.29, 1.82) is 0 Å². The highest BCUT2D eigenvalue weighted by atomic mass is 79.9. The van der Waals surface area contributed by atoms with Gasteiger partial charge in [-0.3, -0.25) is 4.68 Å². The molecule has 0 aromatic carbocycles. The highest BCUT2D eigenvalue weighted by Crippen LogP contribution is 2.47. The molecule has 102 valence electrons. The van der Waals surface area contributed by atoms with E-state index in [9.17, 15) is 5.11 Å². The van der Waals surface area contributed by atoms with E-state index in [0.717, 1.165) is 28.7 Å². The molecule has 1 aliphatic rings. The van der Waals surface area contributed by atoms with Crippen molar-refractivity contribution in [3.05, 3.63) is 15.9 Å². The molecule has 0 bridgehead atoms. The van der Waals surface area contributed by atoms with E-state index in [1.54, 1.807) is 0 Å². The van der Waals surface area contributed by atoms with E-state index >= 15 is 0 Å². The zero-order chi connectivity index (χ0) is 13.3. The van der Waals surface area contributed by atoms with Gasteiger partial charge < -0.3 is 10.8 Å². The monoisotopic (exact) mass is 315 g/mol. The molecule has 1 unspecified atom stereocenters. The summed E-state index contributed by atoms with van der Waals surface area (Å²) < 4.78 is 3.00. The largest absolute Gasteiger partial charge is 0.396 e. The van der Waals surface area contributed by atoms with Crippen LogP contribution in [0.3, 0.4) is 0 Å². The Morgan fingerprint density at radius 2 is 2.22 bits per heavy atom. The van der Waals surface area contributed by atoms with E-state index in [1.165, 1.54) is 12.8 Å². The third-order valence-corrected chi connectivity index (χ3v) is 5.10. The molecule has 0 saturated heterocycles. The maximum atomic E-state index is 9.77. The first-order valence-electron chi connectivity index (χ1n) is 6.59. The zero-order valence-corrected chi connectivity index (χ0v) is 12.7. The summed E-state index contributed by atoms with van der Waals surface area (Å²) >= 11 is 3.64. The summed E-state index contributed by atoms with van der Waals surface area (Å²) in [6.45, 7) is 2.79. The minimum atomic E-state index is -0.165. The first-order chi connectivity index (χ1) is 8.57. The molecule has 1 heterocycles. The molecular weight excluding hydrogens is 294 g/mol. The minimum absolute atomic E-state index is 0.160.